The zero-order chi connectivity index (χ0) is 9.10. The summed E-state index contributed by atoms with van der Waals surface area (Å²) in [5.74, 6) is 0.803. The predicted octanol–water partition coefficient (Wildman–Crippen LogP) is 0.705. The molecule has 0 aliphatic carbocycles. The highest BCUT2D eigenvalue weighted by Gasteiger charge is 2.13. The Morgan fingerprint density at radius 3 is 2.77 bits per heavy atom. The van der Waals surface area contributed by atoms with Crippen LogP contribution in [0.1, 0.15) is 19.3 Å². The Balaban J connectivity index is 2.14. The molecule has 1 aliphatic rings. The van der Waals surface area contributed by atoms with Gasteiger partial charge >= 0.3 is 0 Å². The molecule has 1 aromatic rings. The quantitative estimate of drug-likeness (QED) is 0.471. The van der Waals surface area contributed by atoms with E-state index < -0.39 is 0 Å². The van der Waals surface area contributed by atoms with Gasteiger partial charge in [-0.05, 0) is 19.3 Å². The fourth-order valence-corrected chi connectivity index (χ4v) is 1.65. The van der Waals surface area contributed by atoms with Crippen molar-refractivity contribution in [1.29, 1.82) is 0 Å². The highest BCUT2D eigenvalue weighted by atomic mass is 16.5. The lowest BCUT2D eigenvalue weighted by Crippen LogP contribution is -2.34. The molecule has 0 atom stereocenters. The topological polar surface area (TPSA) is 43.1 Å². The average Bonchev–Trinajstić information content (AvgIpc) is 2.19. The molecule has 4 nitrogen and oxygen atoms in total. The highest BCUT2D eigenvalue weighted by Crippen LogP contribution is 2.14. The van der Waals surface area contributed by atoms with Gasteiger partial charge in [0.05, 0.1) is 6.20 Å². The lowest BCUT2D eigenvalue weighted by molar-refractivity contribution is -0.605. The van der Waals surface area contributed by atoms with Crippen molar-refractivity contribution in [2.24, 2.45) is 0 Å². The molecule has 0 radical (unpaired) electrons. The third-order valence-corrected chi connectivity index (χ3v) is 2.34. The first-order chi connectivity index (χ1) is 6.36. The van der Waals surface area contributed by atoms with Crippen LogP contribution in [0.3, 0.4) is 0 Å². The summed E-state index contributed by atoms with van der Waals surface area (Å²) in [6.07, 6.45) is 8.20. The molecule has 0 spiro atoms. The standard InChI is InChI=1S/C9H13N3O/c13-12-7-4-10-9(8-12)11-5-2-1-3-6-11/h4,7-8H,1-3,5-6H2. The van der Waals surface area contributed by atoms with Crippen LogP contribution in [0.25, 0.3) is 0 Å². The van der Waals surface area contributed by atoms with Crippen LogP contribution in [0, 0.1) is 5.21 Å². The molecule has 0 saturated carbocycles. The molecule has 0 aromatic carbocycles. The van der Waals surface area contributed by atoms with Crippen LogP contribution in [-0.2, 0) is 0 Å². The highest BCUT2D eigenvalue weighted by molar-refractivity contribution is 5.33. The van der Waals surface area contributed by atoms with Gasteiger partial charge in [0.25, 0.3) is 0 Å². The van der Waals surface area contributed by atoms with Gasteiger partial charge in [0.2, 0.25) is 6.20 Å². The third kappa shape index (κ3) is 1.88. The molecule has 1 saturated heterocycles. The van der Waals surface area contributed by atoms with Gasteiger partial charge in [-0.15, -0.1) is 0 Å². The number of aromatic nitrogens is 2. The van der Waals surface area contributed by atoms with Gasteiger partial charge < -0.3 is 10.1 Å². The van der Waals surface area contributed by atoms with E-state index in [1.807, 2.05) is 0 Å². The van der Waals surface area contributed by atoms with Crippen molar-refractivity contribution in [2.75, 3.05) is 18.0 Å². The Morgan fingerprint density at radius 1 is 1.31 bits per heavy atom. The Hall–Kier alpha value is -1.32. The molecule has 0 bridgehead atoms. The van der Waals surface area contributed by atoms with E-state index in [0.29, 0.717) is 0 Å². The Bertz CT molecular complexity index is 284. The smallest absolute Gasteiger partial charge is 0.223 e. The van der Waals surface area contributed by atoms with Crippen LogP contribution in [0.15, 0.2) is 18.6 Å². The van der Waals surface area contributed by atoms with Gasteiger partial charge in [-0.25, -0.2) is 4.98 Å². The predicted molar refractivity (Wildman–Crippen MR) is 49.3 cm³/mol. The normalized spacial score (nSPS) is 17.4. The lowest BCUT2D eigenvalue weighted by atomic mass is 10.1. The monoisotopic (exact) mass is 179 g/mol. The van der Waals surface area contributed by atoms with Crippen molar-refractivity contribution in [2.45, 2.75) is 19.3 Å². The summed E-state index contributed by atoms with van der Waals surface area (Å²) in [5, 5.41) is 11.0. The van der Waals surface area contributed by atoms with E-state index in [9.17, 15) is 5.21 Å². The summed E-state index contributed by atoms with van der Waals surface area (Å²) in [6, 6.07) is 0. The van der Waals surface area contributed by atoms with Gasteiger partial charge in [0, 0.05) is 13.1 Å². The summed E-state index contributed by atoms with van der Waals surface area (Å²) in [5.41, 5.74) is 0. The molecule has 0 unspecified atom stereocenters. The van der Waals surface area contributed by atoms with Crippen LogP contribution in [0.4, 0.5) is 5.82 Å². The molecular weight excluding hydrogens is 166 g/mol. The van der Waals surface area contributed by atoms with Crippen LogP contribution < -0.4 is 9.63 Å². The minimum atomic E-state index is 0.803. The third-order valence-electron chi connectivity index (χ3n) is 2.34. The van der Waals surface area contributed by atoms with Gasteiger partial charge in [-0.3, -0.25) is 0 Å². The van der Waals surface area contributed by atoms with E-state index in [4.69, 9.17) is 0 Å². The molecule has 1 fully saturated rings. The van der Waals surface area contributed by atoms with E-state index in [0.717, 1.165) is 23.6 Å². The maximum Gasteiger partial charge on any atom is 0.223 e. The zero-order valence-electron chi connectivity index (χ0n) is 7.52. The number of piperidine rings is 1. The fourth-order valence-electron chi connectivity index (χ4n) is 1.65. The summed E-state index contributed by atoms with van der Waals surface area (Å²) >= 11 is 0. The summed E-state index contributed by atoms with van der Waals surface area (Å²) < 4.78 is 0.803. The Labute approximate surface area is 77.4 Å². The minimum Gasteiger partial charge on any atom is -0.619 e. The van der Waals surface area contributed by atoms with E-state index in [2.05, 4.69) is 9.88 Å². The van der Waals surface area contributed by atoms with E-state index in [-0.39, 0.29) is 0 Å². The molecule has 2 rings (SSSR count). The van der Waals surface area contributed by atoms with Gasteiger partial charge in [0.1, 0.15) is 0 Å². The largest absolute Gasteiger partial charge is 0.619 e. The SMILES string of the molecule is [O-][n+]1ccnc(N2CCCCC2)c1. The van der Waals surface area contributed by atoms with E-state index in [1.54, 1.807) is 6.20 Å². The molecule has 0 amide bonds. The second-order valence-electron chi connectivity index (χ2n) is 3.32. The van der Waals surface area contributed by atoms with E-state index in [1.165, 1.54) is 31.7 Å². The van der Waals surface area contributed by atoms with Crippen molar-refractivity contribution in [3.63, 3.8) is 0 Å². The molecule has 2 heterocycles. The summed E-state index contributed by atoms with van der Waals surface area (Å²) in [6.45, 7) is 2.05. The maximum absolute atomic E-state index is 11.0. The fraction of sp³-hybridized carbons (Fsp3) is 0.556. The first-order valence-electron chi connectivity index (χ1n) is 4.66. The molecular formula is C9H13N3O. The summed E-state index contributed by atoms with van der Waals surface area (Å²) in [4.78, 5) is 6.33. The Morgan fingerprint density at radius 2 is 2.08 bits per heavy atom. The Kier molecular flexibility index (Phi) is 2.29. The van der Waals surface area contributed by atoms with Gasteiger partial charge in [0.15, 0.2) is 12.0 Å². The number of hydrogen-bond acceptors (Lipinski definition) is 3. The lowest BCUT2D eigenvalue weighted by Gasteiger charge is -2.26. The van der Waals surface area contributed by atoms with Crippen LogP contribution in [-0.4, -0.2) is 18.1 Å². The first-order valence-corrected chi connectivity index (χ1v) is 4.66. The van der Waals surface area contributed by atoms with Crippen molar-refractivity contribution >= 4 is 5.82 Å². The van der Waals surface area contributed by atoms with Crippen molar-refractivity contribution in [1.82, 2.24) is 4.98 Å². The van der Waals surface area contributed by atoms with Crippen LogP contribution >= 0.6 is 0 Å². The summed E-state index contributed by atoms with van der Waals surface area (Å²) in [7, 11) is 0. The van der Waals surface area contributed by atoms with Crippen molar-refractivity contribution < 1.29 is 4.73 Å². The molecule has 13 heavy (non-hydrogen) atoms. The zero-order valence-corrected chi connectivity index (χ0v) is 7.52. The average molecular weight is 179 g/mol. The van der Waals surface area contributed by atoms with Crippen LogP contribution in [0.5, 0.6) is 0 Å². The first kappa shape index (κ1) is 8.29. The molecule has 0 N–H and O–H groups in total. The number of anilines is 1. The van der Waals surface area contributed by atoms with Crippen molar-refractivity contribution in [3.8, 4) is 0 Å². The van der Waals surface area contributed by atoms with E-state index >= 15 is 0 Å². The van der Waals surface area contributed by atoms with Crippen molar-refractivity contribution in [3.05, 3.63) is 23.8 Å². The second-order valence-corrected chi connectivity index (χ2v) is 3.32. The van der Waals surface area contributed by atoms with Gasteiger partial charge in [-0.2, -0.15) is 4.73 Å². The minimum absolute atomic E-state index is 0.803. The van der Waals surface area contributed by atoms with Crippen LogP contribution in [0.2, 0.25) is 0 Å². The molecule has 1 aromatic heterocycles. The number of nitrogens with zero attached hydrogens (tertiary/aromatic N) is 3. The molecule has 1 aliphatic heterocycles. The molecule has 4 heteroatoms. The second kappa shape index (κ2) is 3.60. The van der Waals surface area contributed by atoms with Gasteiger partial charge in [-0.1, -0.05) is 0 Å². The number of rotatable bonds is 1. The number of hydrogen-bond donors (Lipinski definition) is 0. The molecule has 70 valence electrons. The maximum atomic E-state index is 11.0.